The fourth-order valence-electron chi connectivity index (χ4n) is 2.94. The number of fused-ring (bicyclic) bond motifs is 3. The molecule has 0 saturated carbocycles. The Labute approximate surface area is 136 Å². The minimum Gasteiger partial charge on any atom is -0.386 e. The number of nitrogens with zero attached hydrogens (tertiary/aromatic N) is 3. The van der Waals surface area contributed by atoms with E-state index in [2.05, 4.69) is 15.3 Å². The highest BCUT2D eigenvalue weighted by Gasteiger charge is 2.20. The second-order valence-corrected chi connectivity index (χ2v) is 6.70. The number of nitrogens with one attached hydrogen (secondary N) is 1. The topological polar surface area (TPSA) is 80.0 Å². The van der Waals surface area contributed by atoms with Crippen LogP contribution in [0.15, 0.2) is 35.6 Å². The zero-order valence-corrected chi connectivity index (χ0v) is 13.2. The van der Waals surface area contributed by atoms with Gasteiger partial charge in [0.2, 0.25) is 0 Å². The van der Waals surface area contributed by atoms with Crippen LogP contribution >= 0.6 is 11.3 Å². The van der Waals surface area contributed by atoms with Gasteiger partial charge in [-0.25, -0.2) is 4.98 Å². The maximum atomic E-state index is 12.8. The highest BCUT2D eigenvalue weighted by molar-refractivity contribution is 7.18. The molecule has 0 bridgehead atoms. The zero-order chi connectivity index (χ0) is 15.8. The van der Waals surface area contributed by atoms with E-state index in [1.54, 1.807) is 35.9 Å². The Kier molecular flexibility index (Phi) is 3.68. The smallest absolute Gasteiger partial charge is 0.262 e. The molecule has 1 aliphatic heterocycles. The number of pyridine rings is 1. The van der Waals surface area contributed by atoms with E-state index in [9.17, 15) is 9.90 Å². The summed E-state index contributed by atoms with van der Waals surface area (Å²) in [6.07, 6.45) is 4.86. The average molecular weight is 328 g/mol. The molecule has 1 atom stereocenters. The second-order valence-electron chi connectivity index (χ2n) is 5.61. The lowest BCUT2D eigenvalue weighted by Gasteiger charge is -2.14. The van der Waals surface area contributed by atoms with E-state index in [-0.39, 0.29) is 12.1 Å². The molecule has 0 saturated heterocycles. The number of aromatic nitrogens is 3. The molecule has 4 heterocycles. The van der Waals surface area contributed by atoms with Crippen molar-refractivity contribution in [1.82, 2.24) is 19.9 Å². The van der Waals surface area contributed by atoms with Gasteiger partial charge in [-0.2, -0.15) is 0 Å². The largest absolute Gasteiger partial charge is 0.386 e. The van der Waals surface area contributed by atoms with Gasteiger partial charge in [0.05, 0.1) is 24.4 Å². The maximum absolute atomic E-state index is 12.8. The lowest BCUT2D eigenvalue weighted by Crippen LogP contribution is -2.26. The summed E-state index contributed by atoms with van der Waals surface area (Å²) in [7, 11) is 0. The van der Waals surface area contributed by atoms with Gasteiger partial charge in [0.25, 0.3) is 5.56 Å². The highest BCUT2D eigenvalue weighted by atomic mass is 32.1. The molecule has 0 fully saturated rings. The summed E-state index contributed by atoms with van der Waals surface area (Å²) in [5.74, 6) is 0. The predicted molar refractivity (Wildman–Crippen MR) is 88.5 cm³/mol. The normalized spacial score (nSPS) is 15.5. The quantitative estimate of drug-likeness (QED) is 0.756. The Morgan fingerprint density at radius 2 is 2.39 bits per heavy atom. The van der Waals surface area contributed by atoms with Gasteiger partial charge >= 0.3 is 0 Å². The molecule has 2 N–H and O–H groups in total. The van der Waals surface area contributed by atoms with E-state index >= 15 is 0 Å². The molecule has 23 heavy (non-hydrogen) atoms. The number of aliphatic hydroxyl groups is 1. The van der Waals surface area contributed by atoms with E-state index in [1.165, 1.54) is 15.8 Å². The first kappa shape index (κ1) is 14.5. The lowest BCUT2D eigenvalue weighted by atomic mass is 10.1. The van der Waals surface area contributed by atoms with Crippen molar-refractivity contribution in [3.63, 3.8) is 0 Å². The van der Waals surface area contributed by atoms with Gasteiger partial charge in [-0.15, -0.1) is 11.3 Å². The fourth-order valence-corrected chi connectivity index (χ4v) is 4.09. The molecule has 7 heteroatoms. The fraction of sp³-hybridized carbons (Fsp3) is 0.312. The molecule has 118 valence electrons. The summed E-state index contributed by atoms with van der Waals surface area (Å²) in [5.41, 5.74) is 1.74. The van der Waals surface area contributed by atoms with Crippen LogP contribution < -0.4 is 10.9 Å². The molecular weight excluding hydrogens is 312 g/mol. The number of hydrogen-bond acceptors (Lipinski definition) is 6. The van der Waals surface area contributed by atoms with Crippen molar-refractivity contribution in [2.24, 2.45) is 0 Å². The Morgan fingerprint density at radius 1 is 1.48 bits per heavy atom. The van der Waals surface area contributed by atoms with E-state index in [4.69, 9.17) is 0 Å². The molecule has 0 aliphatic carbocycles. The minimum absolute atomic E-state index is 0.0719. The van der Waals surface area contributed by atoms with E-state index in [0.717, 1.165) is 29.9 Å². The molecule has 1 aliphatic rings. The summed E-state index contributed by atoms with van der Waals surface area (Å²) in [6.45, 7) is 1.86. The molecule has 0 radical (unpaired) electrons. The summed E-state index contributed by atoms with van der Waals surface area (Å²) < 4.78 is 1.50. The van der Waals surface area contributed by atoms with Gasteiger partial charge in [-0.3, -0.25) is 14.3 Å². The van der Waals surface area contributed by atoms with Gasteiger partial charge in [0.15, 0.2) is 0 Å². The summed E-state index contributed by atoms with van der Waals surface area (Å²) in [6, 6.07) is 3.57. The van der Waals surface area contributed by atoms with Gasteiger partial charge in [-0.1, -0.05) is 6.07 Å². The summed E-state index contributed by atoms with van der Waals surface area (Å²) in [4.78, 5) is 23.2. The van der Waals surface area contributed by atoms with Crippen molar-refractivity contribution in [2.45, 2.75) is 25.6 Å². The summed E-state index contributed by atoms with van der Waals surface area (Å²) in [5, 5.41) is 14.4. The monoisotopic (exact) mass is 328 g/mol. The maximum Gasteiger partial charge on any atom is 0.262 e. The van der Waals surface area contributed by atoms with Crippen molar-refractivity contribution in [1.29, 1.82) is 0 Å². The van der Waals surface area contributed by atoms with Crippen LogP contribution in [0.25, 0.3) is 10.2 Å². The van der Waals surface area contributed by atoms with Gasteiger partial charge in [-0.05, 0) is 24.6 Å². The number of hydrogen-bond donors (Lipinski definition) is 2. The van der Waals surface area contributed by atoms with Crippen molar-refractivity contribution >= 4 is 21.6 Å². The van der Waals surface area contributed by atoms with Crippen molar-refractivity contribution in [3.8, 4) is 0 Å². The second kappa shape index (κ2) is 5.84. The first-order valence-electron chi connectivity index (χ1n) is 7.52. The number of aliphatic hydroxyl groups excluding tert-OH is 1. The Balaban J connectivity index is 1.74. The van der Waals surface area contributed by atoms with Crippen molar-refractivity contribution < 1.29 is 5.11 Å². The van der Waals surface area contributed by atoms with Crippen LogP contribution in [0.3, 0.4) is 0 Å². The van der Waals surface area contributed by atoms with E-state index in [0.29, 0.717) is 10.9 Å². The van der Waals surface area contributed by atoms with Crippen molar-refractivity contribution in [3.05, 3.63) is 57.2 Å². The molecule has 0 spiro atoms. The molecule has 3 aromatic heterocycles. The van der Waals surface area contributed by atoms with E-state index < -0.39 is 6.10 Å². The minimum atomic E-state index is -0.781. The molecule has 6 nitrogen and oxygen atoms in total. The van der Waals surface area contributed by atoms with Crippen LogP contribution in [0.2, 0.25) is 0 Å². The predicted octanol–water partition coefficient (Wildman–Crippen LogP) is 1.23. The molecular formula is C16H16N4O2S. The van der Waals surface area contributed by atoms with Crippen molar-refractivity contribution in [2.75, 3.05) is 6.54 Å². The molecule has 4 rings (SSSR count). The Hall–Kier alpha value is -2.09. The Bertz CT molecular complexity index is 904. The van der Waals surface area contributed by atoms with Gasteiger partial charge in [0, 0.05) is 29.4 Å². The first-order chi connectivity index (χ1) is 11.2. The molecule has 0 aromatic carbocycles. The van der Waals surface area contributed by atoms with Crippen LogP contribution in [-0.4, -0.2) is 26.2 Å². The van der Waals surface area contributed by atoms with Gasteiger partial charge < -0.3 is 10.4 Å². The average Bonchev–Trinajstić information content (AvgIpc) is 2.97. The van der Waals surface area contributed by atoms with Crippen LogP contribution in [0.1, 0.15) is 22.1 Å². The third kappa shape index (κ3) is 2.56. The number of thiophene rings is 1. The third-order valence-corrected chi connectivity index (χ3v) is 5.28. The third-order valence-electron chi connectivity index (χ3n) is 4.14. The lowest BCUT2D eigenvalue weighted by molar-refractivity contribution is 0.154. The van der Waals surface area contributed by atoms with Crippen LogP contribution in [0, 0.1) is 0 Å². The SMILES string of the molecule is O=c1c2c3c(sc2ncn1CC(O)c1cccnc1)CNCC3. The standard InChI is InChI=1S/C16H16N4O2S/c21-12(10-2-1-4-17-6-10)8-20-9-19-15-14(16(20)22)11-3-5-18-7-13(11)23-15/h1-2,4,6,9,12,18,21H,3,5,7-8H2. The van der Waals surface area contributed by atoms with Crippen LogP contribution in [0.5, 0.6) is 0 Å². The van der Waals surface area contributed by atoms with Crippen LogP contribution in [0.4, 0.5) is 0 Å². The zero-order valence-electron chi connectivity index (χ0n) is 12.4. The summed E-state index contributed by atoms with van der Waals surface area (Å²) >= 11 is 1.58. The van der Waals surface area contributed by atoms with Gasteiger partial charge in [0.1, 0.15) is 4.83 Å². The molecule has 1 unspecified atom stereocenters. The van der Waals surface area contributed by atoms with E-state index in [1.807, 2.05) is 0 Å². The number of rotatable bonds is 3. The van der Waals surface area contributed by atoms with Crippen LogP contribution in [-0.2, 0) is 19.5 Å². The highest BCUT2D eigenvalue weighted by Crippen LogP contribution is 2.29. The Morgan fingerprint density at radius 3 is 3.22 bits per heavy atom. The molecule has 3 aromatic rings. The first-order valence-corrected chi connectivity index (χ1v) is 8.34. The molecule has 0 amide bonds.